The fourth-order valence-electron chi connectivity index (χ4n) is 2.66. The summed E-state index contributed by atoms with van der Waals surface area (Å²) in [7, 11) is 0. The summed E-state index contributed by atoms with van der Waals surface area (Å²) in [5, 5.41) is 2.96. The molecule has 0 aliphatic rings. The number of para-hydroxylation sites is 2. The lowest BCUT2D eigenvalue weighted by Gasteiger charge is -2.15. The fraction of sp³-hybridized carbons (Fsp3) is 0.435. The Labute approximate surface area is 176 Å². The summed E-state index contributed by atoms with van der Waals surface area (Å²) in [6.07, 6.45) is 4.50. The van der Waals surface area contributed by atoms with Gasteiger partial charge in [-0.15, -0.1) is 0 Å². The second-order valence-electron chi connectivity index (χ2n) is 7.20. The molecule has 152 valence electrons. The second kappa shape index (κ2) is 11.7. The minimum atomic E-state index is -0.217. The zero-order chi connectivity index (χ0) is 20.4. The maximum Gasteiger partial charge on any atom is 0.259 e. The van der Waals surface area contributed by atoms with E-state index in [9.17, 15) is 4.79 Å². The smallest absolute Gasteiger partial charge is 0.259 e. The van der Waals surface area contributed by atoms with Crippen LogP contribution in [0.1, 0.15) is 56.8 Å². The fourth-order valence-corrected chi connectivity index (χ4v) is 3.02. The van der Waals surface area contributed by atoms with Crippen LogP contribution in [0.25, 0.3) is 0 Å². The molecule has 0 aromatic heterocycles. The number of amides is 1. The van der Waals surface area contributed by atoms with Crippen LogP contribution in [0.3, 0.4) is 0 Å². The Morgan fingerprint density at radius 2 is 1.82 bits per heavy atom. The molecule has 0 radical (unpaired) electrons. The number of nitrogens with one attached hydrogen (secondary N) is 1. The Morgan fingerprint density at radius 1 is 1.04 bits per heavy atom. The van der Waals surface area contributed by atoms with Crippen LogP contribution in [0.5, 0.6) is 11.5 Å². The largest absolute Gasteiger partial charge is 0.493 e. The summed E-state index contributed by atoms with van der Waals surface area (Å²) in [5.74, 6) is 1.45. The Balaban J connectivity index is 2.10. The maximum atomic E-state index is 12.9. The standard InChI is InChI=1S/C23H30BrNO3/c1-4-5-6-9-14-27-21-13-12-18(24)15-19(21)23(26)25-20-10-7-8-11-22(20)28-16-17(2)3/h7-8,10-13,15,17H,4-6,9,14,16H2,1-3H3,(H,25,26). The van der Waals surface area contributed by atoms with Crippen molar-refractivity contribution in [3.8, 4) is 11.5 Å². The van der Waals surface area contributed by atoms with Gasteiger partial charge in [0.1, 0.15) is 11.5 Å². The summed E-state index contributed by atoms with van der Waals surface area (Å²) in [6.45, 7) is 7.56. The number of ether oxygens (including phenoxy) is 2. The van der Waals surface area contributed by atoms with Crippen LogP contribution in [0, 0.1) is 5.92 Å². The van der Waals surface area contributed by atoms with Crippen molar-refractivity contribution in [2.45, 2.75) is 46.5 Å². The van der Waals surface area contributed by atoms with Crippen LogP contribution >= 0.6 is 15.9 Å². The molecule has 1 N–H and O–H groups in total. The van der Waals surface area contributed by atoms with E-state index in [4.69, 9.17) is 9.47 Å². The lowest BCUT2D eigenvalue weighted by atomic mass is 10.1. The number of hydrogen-bond acceptors (Lipinski definition) is 3. The molecule has 0 fully saturated rings. The number of anilines is 1. The molecule has 5 heteroatoms. The Kier molecular flexibility index (Phi) is 9.35. The molecule has 2 aromatic rings. The van der Waals surface area contributed by atoms with Crippen molar-refractivity contribution >= 4 is 27.5 Å². The van der Waals surface area contributed by atoms with E-state index in [1.54, 1.807) is 6.07 Å². The molecule has 2 rings (SSSR count). The van der Waals surface area contributed by atoms with E-state index >= 15 is 0 Å². The predicted molar refractivity (Wildman–Crippen MR) is 119 cm³/mol. The molecule has 28 heavy (non-hydrogen) atoms. The number of carbonyl (C=O) groups excluding carboxylic acids is 1. The van der Waals surface area contributed by atoms with Gasteiger partial charge >= 0.3 is 0 Å². The van der Waals surface area contributed by atoms with Gasteiger partial charge in [0.25, 0.3) is 5.91 Å². The van der Waals surface area contributed by atoms with E-state index in [0.717, 1.165) is 17.3 Å². The molecular weight excluding hydrogens is 418 g/mol. The molecule has 0 saturated carbocycles. The van der Waals surface area contributed by atoms with Crippen molar-refractivity contribution in [3.63, 3.8) is 0 Å². The van der Waals surface area contributed by atoms with E-state index in [2.05, 4.69) is 42.0 Å². The van der Waals surface area contributed by atoms with Crippen molar-refractivity contribution in [3.05, 3.63) is 52.5 Å². The van der Waals surface area contributed by atoms with Crippen molar-refractivity contribution in [1.29, 1.82) is 0 Å². The van der Waals surface area contributed by atoms with Crippen molar-refractivity contribution in [1.82, 2.24) is 0 Å². The first-order valence-corrected chi connectivity index (χ1v) is 10.8. The van der Waals surface area contributed by atoms with Crippen molar-refractivity contribution in [2.75, 3.05) is 18.5 Å². The Morgan fingerprint density at radius 3 is 2.57 bits per heavy atom. The predicted octanol–water partition coefficient (Wildman–Crippen LogP) is 6.70. The molecule has 0 aliphatic carbocycles. The van der Waals surface area contributed by atoms with Crippen LogP contribution in [0.2, 0.25) is 0 Å². The zero-order valence-corrected chi connectivity index (χ0v) is 18.6. The number of unbranched alkanes of at least 4 members (excludes halogenated alkanes) is 3. The Hall–Kier alpha value is -2.01. The van der Waals surface area contributed by atoms with Crippen LogP contribution in [0.15, 0.2) is 46.9 Å². The first-order valence-electron chi connectivity index (χ1n) is 9.96. The SMILES string of the molecule is CCCCCCOc1ccc(Br)cc1C(=O)Nc1ccccc1OCC(C)C. The van der Waals surface area contributed by atoms with Crippen LogP contribution in [0.4, 0.5) is 5.69 Å². The van der Waals surface area contributed by atoms with Gasteiger partial charge in [0.2, 0.25) is 0 Å². The normalized spacial score (nSPS) is 10.8. The summed E-state index contributed by atoms with van der Waals surface area (Å²) in [6, 6.07) is 13.0. The van der Waals surface area contributed by atoms with Crippen LogP contribution < -0.4 is 14.8 Å². The van der Waals surface area contributed by atoms with Crippen LogP contribution in [-0.2, 0) is 0 Å². The first-order chi connectivity index (χ1) is 13.5. The molecule has 0 aliphatic heterocycles. The molecule has 0 bridgehead atoms. The second-order valence-corrected chi connectivity index (χ2v) is 8.12. The van der Waals surface area contributed by atoms with Gasteiger partial charge in [0, 0.05) is 4.47 Å². The van der Waals surface area contributed by atoms with E-state index < -0.39 is 0 Å². The minimum Gasteiger partial charge on any atom is -0.493 e. The first kappa shape index (κ1) is 22.3. The third kappa shape index (κ3) is 7.19. The summed E-state index contributed by atoms with van der Waals surface area (Å²) in [5.41, 5.74) is 1.16. The molecule has 0 heterocycles. The Bertz CT molecular complexity index is 761. The molecule has 0 atom stereocenters. The number of halogens is 1. The van der Waals surface area contributed by atoms with Gasteiger partial charge in [0.15, 0.2) is 0 Å². The van der Waals surface area contributed by atoms with E-state index in [-0.39, 0.29) is 5.91 Å². The molecular formula is C23H30BrNO3. The van der Waals surface area contributed by atoms with Crippen molar-refractivity contribution < 1.29 is 14.3 Å². The third-order valence-electron chi connectivity index (χ3n) is 4.15. The van der Waals surface area contributed by atoms with Gasteiger partial charge in [0.05, 0.1) is 24.5 Å². The van der Waals surface area contributed by atoms with Gasteiger partial charge in [-0.2, -0.15) is 0 Å². The highest BCUT2D eigenvalue weighted by atomic mass is 79.9. The zero-order valence-electron chi connectivity index (χ0n) is 17.0. The van der Waals surface area contributed by atoms with Gasteiger partial charge in [-0.05, 0) is 42.7 Å². The topological polar surface area (TPSA) is 47.6 Å². The quantitative estimate of drug-likeness (QED) is 0.390. The van der Waals surface area contributed by atoms with Gasteiger partial charge in [-0.1, -0.05) is 68.1 Å². The number of benzene rings is 2. The van der Waals surface area contributed by atoms with Crippen molar-refractivity contribution in [2.24, 2.45) is 5.92 Å². The lowest BCUT2D eigenvalue weighted by Crippen LogP contribution is -2.15. The molecule has 4 nitrogen and oxygen atoms in total. The highest BCUT2D eigenvalue weighted by molar-refractivity contribution is 9.10. The van der Waals surface area contributed by atoms with E-state index in [1.165, 1.54) is 12.8 Å². The van der Waals surface area contributed by atoms with Gasteiger partial charge in [-0.25, -0.2) is 0 Å². The minimum absolute atomic E-state index is 0.217. The van der Waals surface area contributed by atoms with E-state index in [0.29, 0.717) is 41.9 Å². The summed E-state index contributed by atoms with van der Waals surface area (Å²) >= 11 is 3.45. The molecule has 0 unspecified atom stereocenters. The molecule has 0 spiro atoms. The number of hydrogen-bond donors (Lipinski definition) is 1. The highest BCUT2D eigenvalue weighted by Gasteiger charge is 2.16. The summed E-state index contributed by atoms with van der Waals surface area (Å²) < 4.78 is 12.6. The number of carbonyl (C=O) groups is 1. The third-order valence-corrected chi connectivity index (χ3v) is 4.64. The van der Waals surface area contributed by atoms with Gasteiger partial charge in [-0.3, -0.25) is 4.79 Å². The lowest BCUT2D eigenvalue weighted by molar-refractivity contribution is 0.102. The summed E-state index contributed by atoms with van der Waals surface area (Å²) in [4.78, 5) is 12.9. The monoisotopic (exact) mass is 447 g/mol. The van der Waals surface area contributed by atoms with Crippen LogP contribution in [-0.4, -0.2) is 19.1 Å². The number of rotatable bonds is 11. The average molecular weight is 448 g/mol. The average Bonchev–Trinajstić information content (AvgIpc) is 2.68. The maximum absolute atomic E-state index is 12.9. The molecule has 2 aromatic carbocycles. The molecule has 0 saturated heterocycles. The molecule has 1 amide bonds. The van der Waals surface area contributed by atoms with E-state index in [1.807, 2.05) is 36.4 Å². The van der Waals surface area contributed by atoms with Gasteiger partial charge < -0.3 is 14.8 Å². The highest BCUT2D eigenvalue weighted by Crippen LogP contribution is 2.28.